The highest BCUT2D eigenvalue weighted by Crippen LogP contribution is 2.23. The highest BCUT2D eigenvalue weighted by Gasteiger charge is 2.08. The first-order chi connectivity index (χ1) is 9.74. The van der Waals surface area contributed by atoms with Gasteiger partial charge in [0.25, 0.3) is 0 Å². The molecule has 0 unspecified atom stereocenters. The summed E-state index contributed by atoms with van der Waals surface area (Å²) in [4.78, 5) is 16.5. The lowest BCUT2D eigenvalue weighted by Crippen LogP contribution is -2.03. The number of carboxylic acid groups (broad SMARTS) is 1. The molecule has 0 aliphatic rings. The molecule has 0 spiro atoms. The molecule has 0 bridgehead atoms. The van der Waals surface area contributed by atoms with Crippen LogP contribution in [0.4, 0.5) is 0 Å². The van der Waals surface area contributed by atoms with Gasteiger partial charge >= 0.3 is 5.97 Å². The summed E-state index contributed by atoms with van der Waals surface area (Å²) in [5, 5.41) is 11.0. The first-order valence-electron chi connectivity index (χ1n) is 6.11. The van der Waals surface area contributed by atoms with E-state index < -0.39 is 5.97 Å². The maximum absolute atomic E-state index is 11.0. The molecular formula is C15H12N2O2S. The number of imidazole rings is 1. The molecule has 20 heavy (non-hydrogen) atoms. The molecule has 5 heteroatoms. The van der Waals surface area contributed by atoms with Crippen LogP contribution >= 0.6 is 11.3 Å². The molecule has 1 N–H and O–H groups in total. The summed E-state index contributed by atoms with van der Waals surface area (Å²) in [5.41, 5.74) is 1.25. The Labute approximate surface area is 120 Å². The molecule has 0 amide bonds. The monoisotopic (exact) mass is 284 g/mol. The molecule has 0 saturated carbocycles. The fraction of sp³-hybridized carbons (Fsp3) is 0.0667. The Hall–Kier alpha value is -2.40. The maximum Gasteiger partial charge on any atom is 0.335 e. The first kappa shape index (κ1) is 12.6. The zero-order valence-electron chi connectivity index (χ0n) is 10.6. The van der Waals surface area contributed by atoms with Gasteiger partial charge in [-0.3, -0.25) is 0 Å². The zero-order chi connectivity index (χ0) is 13.9. The van der Waals surface area contributed by atoms with Crippen molar-refractivity contribution in [3.63, 3.8) is 0 Å². The van der Waals surface area contributed by atoms with Crippen molar-refractivity contribution in [3.05, 3.63) is 65.3 Å². The maximum atomic E-state index is 11.0. The van der Waals surface area contributed by atoms with Gasteiger partial charge in [-0.1, -0.05) is 18.2 Å². The third-order valence-corrected chi connectivity index (χ3v) is 3.85. The van der Waals surface area contributed by atoms with Gasteiger partial charge in [-0.15, -0.1) is 11.3 Å². The van der Waals surface area contributed by atoms with Crippen LogP contribution in [0, 0.1) is 0 Å². The van der Waals surface area contributed by atoms with E-state index in [-0.39, 0.29) is 0 Å². The summed E-state index contributed by atoms with van der Waals surface area (Å²) in [6, 6.07) is 11.0. The minimum atomic E-state index is -0.907. The summed E-state index contributed by atoms with van der Waals surface area (Å²) in [7, 11) is 0. The number of hydrogen-bond donors (Lipinski definition) is 1. The van der Waals surface area contributed by atoms with Crippen LogP contribution in [0.15, 0.2) is 54.2 Å². The van der Waals surface area contributed by atoms with Gasteiger partial charge in [0.05, 0.1) is 10.4 Å². The molecule has 0 aliphatic heterocycles. The molecule has 3 rings (SSSR count). The third-order valence-electron chi connectivity index (χ3n) is 2.98. The smallest absolute Gasteiger partial charge is 0.335 e. The van der Waals surface area contributed by atoms with Crippen LogP contribution in [0.1, 0.15) is 15.9 Å². The Balaban J connectivity index is 1.91. The summed E-state index contributed by atoms with van der Waals surface area (Å²) in [6.45, 7) is 0.606. The lowest BCUT2D eigenvalue weighted by molar-refractivity contribution is 0.0696. The van der Waals surface area contributed by atoms with Crippen molar-refractivity contribution in [2.45, 2.75) is 6.54 Å². The fourth-order valence-electron chi connectivity index (χ4n) is 2.07. The quantitative estimate of drug-likeness (QED) is 0.799. The number of carbonyl (C=O) groups is 1. The van der Waals surface area contributed by atoms with Crippen LogP contribution in [0.25, 0.3) is 10.7 Å². The second-order valence-electron chi connectivity index (χ2n) is 4.36. The van der Waals surface area contributed by atoms with Crippen LogP contribution in [-0.4, -0.2) is 20.6 Å². The highest BCUT2D eigenvalue weighted by molar-refractivity contribution is 7.13. The van der Waals surface area contributed by atoms with Crippen molar-refractivity contribution in [3.8, 4) is 10.7 Å². The van der Waals surface area contributed by atoms with E-state index in [1.807, 2.05) is 34.3 Å². The summed E-state index contributed by atoms with van der Waals surface area (Å²) >= 11 is 1.64. The summed E-state index contributed by atoms with van der Waals surface area (Å²) in [6.07, 6.45) is 3.67. The highest BCUT2D eigenvalue weighted by atomic mass is 32.1. The number of rotatable bonds is 4. The number of carboxylic acids is 1. The van der Waals surface area contributed by atoms with Crippen molar-refractivity contribution < 1.29 is 9.90 Å². The molecule has 0 atom stereocenters. The molecule has 100 valence electrons. The SMILES string of the molecule is O=C(O)c1cccc(Cn2ccnc2-c2cccs2)c1. The number of aromatic nitrogens is 2. The van der Waals surface area contributed by atoms with E-state index in [1.54, 1.807) is 35.7 Å². The van der Waals surface area contributed by atoms with Crippen LogP contribution in [0.3, 0.4) is 0 Å². The number of thiophene rings is 1. The van der Waals surface area contributed by atoms with Crippen molar-refractivity contribution in [1.29, 1.82) is 0 Å². The molecule has 2 aromatic heterocycles. The summed E-state index contributed by atoms with van der Waals surface area (Å²) in [5.74, 6) is -0.00307. The molecule has 1 aromatic carbocycles. The van der Waals surface area contributed by atoms with E-state index in [9.17, 15) is 4.79 Å². The Morgan fingerprint density at radius 2 is 2.20 bits per heavy atom. The first-order valence-corrected chi connectivity index (χ1v) is 6.99. The normalized spacial score (nSPS) is 10.6. The predicted molar refractivity (Wildman–Crippen MR) is 78.0 cm³/mol. The van der Waals surface area contributed by atoms with Gasteiger partial charge < -0.3 is 9.67 Å². The van der Waals surface area contributed by atoms with E-state index in [1.165, 1.54) is 0 Å². The lowest BCUT2D eigenvalue weighted by atomic mass is 10.1. The fourth-order valence-corrected chi connectivity index (χ4v) is 2.80. The van der Waals surface area contributed by atoms with Gasteiger partial charge in [0, 0.05) is 18.9 Å². The van der Waals surface area contributed by atoms with Gasteiger partial charge in [-0.05, 0) is 29.1 Å². The number of nitrogens with zero attached hydrogens (tertiary/aromatic N) is 2. The second kappa shape index (κ2) is 5.30. The Bertz CT molecular complexity index is 732. The molecule has 0 saturated heterocycles. The van der Waals surface area contributed by atoms with Gasteiger partial charge in [0.1, 0.15) is 5.82 Å². The standard InChI is InChI=1S/C15H12N2O2S/c18-15(19)12-4-1-3-11(9-12)10-17-7-6-16-14(17)13-5-2-8-20-13/h1-9H,10H2,(H,18,19). The average Bonchev–Trinajstić information content (AvgIpc) is 3.09. The summed E-state index contributed by atoms with van der Waals surface area (Å²) < 4.78 is 2.02. The van der Waals surface area contributed by atoms with Crippen LogP contribution in [0.2, 0.25) is 0 Å². The largest absolute Gasteiger partial charge is 0.478 e. The molecule has 0 aliphatic carbocycles. The van der Waals surface area contributed by atoms with Crippen LogP contribution in [0.5, 0.6) is 0 Å². The molecule has 0 radical (unpaired) electrons. The van der Waals surface area contributed by atoms with Crippen molar-refractivity contribution in [2.75, 3.05) is 0 Å². The van der Waals surface area contributed by atoms with Crippen molar-refractivity contribution in [2.24, 2.45) is 0 Å². The zero-order valence-corrected chi connectivity index (χ0v) is 11.4. The Morgan fingerprint density at radius 3 is 2.95 bits per heavy atom. The Kier molecular flexibility index (Phi) is 3.35. The van der Waals surface area contributed by atoms with Crippen LogP contribution < -0.4 is 0 Å². The number of benzene rings is 1. The Morgan fingerprint density at radius 1 is 1.30 bits per heavy atom. The van der Waals surface area contributed by atoms with E-state index in [2.05, 4.69) is 4.98 Å². The van der Waals surface area contributed by atoms with E-state index in [0.29, 0.717) is 12.1 Å². The molecule has 3 aromatic rings. The van der Waals surface area contributed by atoms with Crippen molar-refractivity contribution in [1.82, 2.24) is 9.55 Å². The van der Waals surface area contributed by atoms with Gasteiger partial charge in [0.2, 0.25) is 0 Å². The lowest BCUT2D eigenvalue weighted by Gasteiger charge is -2.07. The average molecular weight is 284 g/mol. The number of aromatic carboxylic acids is 1. The minimum Gasteiger partial charge on any atom is -0.478 e. The topological polar surface area (TPSA) is 55.1 Å². The van der Waals surface area contributed by atoms with E-state index >= 15 is 0 Å². The second-order valence-corrected chi connectivity index (χ2v) is 5.31. The number of hydrogen-bond acceptors (Lipinski definition) is 3. The van der Waals surface area contributed by atoms with Crippen LogP contribution in [-0.2, 0) is 6.54 Å². The molecule has 0 fully saturated rings. The molecule has 4 nitrogen and oxygen atoms in total. The molecule has 2 heterocycles. The van der Waals surface area contributed by atoms with Gasteiger partial charge in [-0.25, -0.2) is 9.78 Å². The van der Waals surface area contributed by atoms with Gasteiger partial charge in [-0.2, -0.15) is 0 Å². The van der Waals surface area contributed by atoms with E-state index in [4.69, 9.17) is 5.11 Å². The van der Waals surface area contributed by atoms with Crippen molar-refractivity contribution >= 4 is 17.3 Å². The van der Waals surface area contributed by atoms with E-state index in [0.717, 1.165) is 16.3 Å². The predicted octanol–water partition coefficient (Wildman–Crippen LogP) is 3.36. The molecular weight excluding hydrogens is 272 g/mol. The third kappa shape index (κ3) is 2.48. The minimum absolute atomic E-state index is 0.306. The van der Waals surface area contributed by atoms with Gasteiger partial charge in [0.15, 0.2) is 0 Å².